The molecule has 0 atom stereocenters. The van der Waals surface area contributed by atoms with Crippen LogP contribution in [-0.4, -0.2) is 17.9 Å². The van der Waals surface area contributed by atoms with E-state index in [1.807, 2.05) is 39.0 Å². The predicted octanol–water partition coefficient (Wildman–Crippen LogP) is 3.92. The third-order valence-electron chi connectivity index (χ3n) is 3.32. The Morgan fingerprint density at radius 2 is 1.89 bits per heavy atom. The van der Waals surface area contributed by atoms with E-state index in [4.69, 9.17) is 0 Å². The molecule has 1 aliphatic rings. The minimum atomic E-state index is 0.00820. The van der Waals surface area contributed by atoms with Crippen LogP contribution in [0.25, 0.3) is 0 Å². The molecule has 2 nitrogen and oxygen atoms in total. The molecule has 1 aliphatic heterocycles. The van der Waals surface area contributed by atoms with Gasteiger partial charge >= 0.3 is 0 Å². The first-order valence-corrected chi connectivity index (χ1v) is 6.31. The van der Waals surface area contributed by atoms with Gasteiger partial charge in [0.15, 0.2) is 0 Å². The van der Waals surface area contributed by atoms with Gasteiger partial charge in [-0.1, -0.05) is 37.5 Å². The number of carbonyl (C=O) groups excluding carboxylic acids is 1. The largest absolute Gasteiger partial charge is 0.311 e. The Hall–Kier alpha value is -2.09. The molecule has 0 aromatic carbocycles. The molecule has 0 N–H and O–H groups in total. The Kier molecular flexibility index (Phi) is 4.87. The lowest BCUT2D eigenvalue weighted by atomic mass is 9.94. The number of allylic oxidation sites excluding steroid dienone is 8. The Bertz CT molecular complexity index is 542. The zero-order chi connectivity index (χ0) is 14.6. The lowest BCUT2D eigenvalue weighted by Crippen LogP contribution is -2.17. The first-order valence-electron chi connectivity index (χ1n) is 6.31. The molecule has 0 bridgehead atoms. The van der Waals surface area contributed by atoms with E-state index in [0.29, 0.717) is 5.57 Å². The third-order valence-corrected chi connectivity index (χ3v) is 3.32. The van der Waals surface area contributed by atoms with Crippen LogP contribution in [0.1, 0.15) is 20.8 Å². The van der Waals surface area contributed by atoms with Crippen LogP contribution in [-0.2, 0) is 4.79 Å². The third kappa shape index (κ3) is 2.53. The van der Waals surface area contributed by atoms with Gasteiger partial charge in [-0.25, -0.2) is 0 Å². The highest BCUT2D eigenvalue weighted by molar-refractivity contribution is 6.05. The van der Waals surface area contributed by atoms with Crippen LogP contribution in [0.2, 0.25) is 0 Å². The van der Waals surface area contributed by atoms with Crippen molar-refractivity contribution >= 4 is 5.91 Å². The second kappa shape index (κ2) is 6.19. The maximum absolute atomic E-state index is 12.3. The van der Waals surface area contributed by atoms with Crippen molar-refractivity contribution in [3.05, 3.63) is 71.5 Å². The fourth-order valence-corrected chi connectivity index (χ4v) is 2.18. The first-order chi connectivity index (χ1) is 9.03. The van der Waals surface area contributed by atoms with Gasteiger partial charge in [0.05, 0.1) is 5.70 Å². The summed E-state index contributed by atoms with van der Waals surface area (Å²) >= 11 is 0. The molecule has 1 saturated heterocycles. The molecule has 0 aliphatic carbocycles. The zero-order valence-electron chi connectivity index (χ0n) is 12.2. The van der Waals surface area contributed by atoms with Crippen LogP contribution in [0.15, 0.2) is 71.5 Å². The molecule has 2 heteroatoms. The molecule has 0 aromatic rings. The zero-order valence-corrected chi connectivity index (χ0v) is 12.2. The monoisotopic (exact) mass is 255 g/mol. The van der Waals surface area contributed by atoms with E-state index in [9.17, 15) is 4.79 Å². The van der Waals surface area contributed by atoms with Crippen molar-refractivity contribution in [3.63, 3.8) is 0 Å². The van der Waals surface area contributed by atoms with Gasteiger partial charge in [0.25, 0.3) is 5.91 Å². The Labute approximate surface area is 115 Å². The fourth-order valence-electron chi connectivity index (χ4n) is 2.18. The summed E-state index contributed by atoms with van der Waals surface area (Å²) in [4.78, 5) is 13.9. The molecular weight excluding hydrogens is 234 g/mol. The van der Waals surface area contributed by atoms with Crippen molar-refractivity contribution < 1.29 is 4.79 Å². The summed E-state index contributed by atoms with van der Waals surface area (Å²) in [5.74, 6) is 0.00820. The number of amides is 1. The van der Waals surface area contributed by atoms with Gasteiger partial charge in [0.1, 0.15) is 0 Å². The molecule has 19 heavy (non-hydrogen) atoms. The number of hydrogen-bond acceptors (Lipinski definition) is 1. The number of likely N-dealkylation sites (tertiary alicyclic amines) is 1. The van der Waals surface area contributed by atoms with E-state index in [1.54, 1.807) is 24.1 Å². The maximum atomic E-state index is 12.3. The minimum Gasteiger partial charge on any atom is -0.311 e. The van der Waals surface area contributed by atoms with E-state index < -0.39 is 0 Å². The molecule has 100 valence electrons. The predicted molar refractivity (Wildman–Crippen MR) is 81.5 cm³/mol. The average Bonchev–Trinajstić information content (AvgIpc) is 2.64. The summed E-state index contributed by atoms with van der Waals surface area (Å²) in [6, 6.07) is 0. The summed E-state index contributed by atoms with van der Waals surface area (Å²) < 4.78 is 0. The average molecular weight is 255 g/mol. The van der Waals surface area contributed by atoms with Crippen molar-refractivity contribution in [3.8, 4) is 0 Å². The summed E-state index contributed by atoms with van der Waals surface area (Å²) in [5.41, 5.74) is 4.60. The van der Waals surface area contributed by atoms with Gasteiger partial charge in [-0.3, -0.25) is 4.79 Å². The molecule has 1 fully saturated rings. The molecule has 1 rings (SSSR count). The van der Waals surface area contributed by atoms with Crippen LogP contribution >= 0.6 is 0 Å². The van der Waals surface area contributed by atoms with Crippen molar-refractivity contribution in [1.82, 2.24) is 4.90 Å². The highest BCUT2D eigenvalue weighted by Crippen LogP contribution is 2.36. The number of rotatable bonds is 3. The molecule has 0 unspecified atom stereocenters. The number of carbonyl (C=O) groups is 1. The van der Waals surface area contributed by atoms with Crippen molar-refractivity contribution in [2.24, 2.45) is 0 Å². The van der Waals surface area contributed by atoms with Gasteiger partial charge in [-0.15, -0.1) is 0 Å². The van der Waals surface area contributed by atoms with Crippen LogP contribution in [0.4, 0.5) is 0 Å². The van der Waals surface area contributed by atoms with Gasteiger partial charge in [-0.2, -0.15) is 0 Å². The quantitative estimate of drug-likeness (QED) is 0.700. The normalized spacial score (nSPS) is 23.3. The molecule has 0 aromatic heterocycles. The Morgan fingerprint density at radius 3 is 2.32 bits per heavy atom. The van der Waals surface area contributed by atoms with Crippen LogP contribution in [0.3, 0.4) is 0 Å². The molecule has 0 saturated carbocycles. The molecule has 1 amide bonds. The molecule has 0 spiro atoms. The van der Waals surface area contributed by atoms with Gasteiger partial charge in [0, 0.05) is 18.2 Å². The first kappa shape index (κ1) is 15.0. The highest BCUT2D eigenvalue weighted by atomic mass is 16.2. The van der Waals surface area contributed by atoms with Crippen molar-refractivity contribution in [1.29, 1.82) is 0 Å². The van der Waals surface area contributed by atoms with Crippen molar-refractivity contribution in [2.75, 3.05) is 7.05 Å². The molecular formula is C17H21NO. The Balaban J connectivity index is 3.72. The van der Waals surface area contributed by atoms with Gasteiger partial charge in [0.2, 0.25) is 0 Å². The van der Waals surface area contributed by atoms with E-state index >= 15 is 0 Å². The second-order valence-corrected chi connectivity index (χ2v) is 4.32. The molecule has 1 heterocycles. The summed E-state index contributed by atoms with van der Waals surface area (Å²) in [6.45, 7) is 13.5. The van der Waals surface area contributed by atoms with Crippen LogP contribution in [0, 0.1) is 0 Å². The van der Waals surface area contributed by atoms with E-state index in [-0.39, 0.29) is 5.91 Å². The van der Waals surface area contributed by atoms with Gasteiger partial charge in [-0.05, 0) is 38.0 Å². The van der Waals surface area contributed by atoms with E-state index in [1.165, 1.54) is 0 Å². The van der Waals surface area contributed by atoms with E-state index in [2.05, 4.69) is 13.2 Å². The number of likely N-dealkylation sites (N-methyl/N-ethyl adjacent to an activating group) is 1. The van der Waals surface area contributed by atoms with Crippen LogP contribution < -0.4 is 0 Å². The fraction of sp³-hybridized carbons (Fsp3) is 0.235. The number of hydrogen-bond donors (Lipinski definition) is 0. The van der Waals surface area contributed by atoms with E-state index in [0.717, 1.165) is 22.4 Å². The lowest BCUT2D eigenvalue weighted by molar-refractivity contribution is -0.122. The SMILES string of the molecule is C=CC=C1C(=C(C=C)/C(C)=C\C)/C(=C\C)C(=O)N1C. The minimum absolute atomic E-state index is 0.00820. The summed E-state index contributed by atoms with van der Waals surface area (Å²) in [5, 5.41) is 0. The topological polar surface area (TPSA) is 20.3 Å². The number of nitrogens with zero attached hydrogens (tertiary/aromatic N) is 1. The van der Waals surface area contributed by atoms with Crippen LogP contribution in [0.5, 0.6) is 0 Å². The Morgan fingerprint density at radius 1 is 1.26 bits per heavy atom. The highest BCUT2D eigenvalue weighted by Gasteiger charge is 2.33. The summed E-state index contributed by atoms with van der Waals surface area (Å²) in [7, 11) is 1.78. The van der Waals surface area contributed by atoms with Crippen molar-refractivity contribution in [2.45, 2.75) is 20.8 Å². The standard InChI is InChI=1S/C17H21NO/c1-7-11-15-16(13(9-3)12(5)8-2)14(10-4)17(19)18(15)6/h7-11H,1,3H2,2,4-6H3/b12-8-,14-10+,15-11?,16-13+. The summed E-state index contributed by atoms with van der Waals surface area (Å²) in [6.07, 6.45) is 9.23. The molecule has 0 radical (unpaired) electrons. The van der Waals surface area contributed by atoms with Gasteiger partial charge < -0.3 is 4.90 Å². The maximum Gasteiger partial charge on any atom is 0.258 e. The smallest absolute Gasteiger partial charge is 0.258 e. The second-order valence-electron chi connectivity index (χ2n) is 4.32. The lowest BCUT2D eigenvalue weighted by Gasteiger charge is -2.12.